The van der Waals surface area contributed by atoms with Gasteiger partial charge in [0.2, 0.25) is 0 Å². The Morgan fingerprint density at radius 3 is 2.67 bits per heavy atom. The fraction of sp³-hybridized carbons (Fsp3) is 0.217. The fourth-order valence-corrected chi connectivity index (χ4v) is 4.00. The van der Waals surface area contributed by atoms with Gasteiger partial charge in [-0.25, -0.2) is 13.8 Å². The number of aliphatic hydroxyl groups is 1. The molecule has 33 heavy (non-hydrogen) atoms. The number of anilines is 1. The maximum absolute atomic E-state index is 14.4. The van der Waals surface area contributed by atoms with Gasteiger partial charge >= 0.3 is 0 Å². The number of likely N-dealkylation sites (tertiary alicyclic amines) is 1. The molecule has 1 unspecified atom stereocenters. The minimum atomic E-state index is -1.06. The average molecular weight is 449 g/mol. The number of rotatable bonds is 5. The second-order valence-electron chi connectivity index (χ2n) is 8.02. The highest BCUT2D eigenvalue weighted by atomic mass is 19.2. The molecule has 8 nitrogen and oxygen atoms in total. The lowest BCUT2D eigenvalue weighted by atomic mass is 10.0. The number of halogens is 2. The van der Waals surface area contributed by atoms with Gasteiger partial charge in [-0.1, -0.05) is 30.3 Å². The van der Waals surface area contributed by atoms with Gasteiger partial charge < -0.3 is 10.8 Å². The molecule has 0 radical (unpaired) electrons. The van der Waals surface area contributed by atoms with E-state index in [-0.39, 0.29) is 23.4 Å². The summed E-state index contributed by atoms with van der Waals surface area (Å²) < 4.78 is 29.2. The Morgan fingerprint density at radius 1 is 1.09 bits per heavy atom. The number of β-amino-alcohol motifs (C(OH)–C–C–N with tert-alkyl or cyclic N) is 1. The van der Waals surface area contributed by atoms with Crippen LogP contribution in [-0.4, -0.2) is 54.4 Å². The van der Waals surface area contributed by atoms with Crippen LogP contribution in [-0.2, 0) is 6.54 Å². The van der Waals surface area contributed by atoms with Crippen LogP contribution in [0.2, 0.25) is 0 Å². The van der Waals surface area contributed by atoms with Crippen molar-refractivity contribution < 1.29 is 13.9 Å². The molecule has 2 aromatic heterocycles. The molecule has 0 bridgehead atoms. The molecule has 1 atom stereocenters. The van der Waals surface area contributed by atoms with Gasteiger partial charge in [-0.2, -0.15) is 4.68 Å². The molecule has 1 saturated heterocycles. The molecule has 1 aliphatic heterocycles. The van der Waals surface area contributed by atoms with E-state index < -0.39 is 11.6 Å². The zero-order valence-corrected chi connectivity index (χ0v) is 17.6. The number of aliphatic hydroxyl groups excluding tert-OH is 1. The van der Waals surface area contributed by atoms with Crippen molar-refractivity contribution in [3.8, 4) is 28.2 Å². The maximum atomic E-state index is 14.4. The Morgan fingerprint density at radius 2 is 1.91 bits per heavy atom. The first-order valence-corrected chi connectivity index (χ1v) is 10.5. The SMILES string of the molecule is Nc1ncc(-c2ccc(CN3CCC(O)C3)cc2)cc1-c1nnnn1-c1cccc(F)c1F. The summed E-state index contributed by atoms with van der Waals surface area (Å²) in [5.41, 5.74) is 9.18. The van der Waals surface area contributed by atoms with E-state index in [4.69, 9.17) is 5.73 Å². The summed E-state index contributed by atoms with van der Waals surface area (Å²) >= 11 is 0. The lowest BCUT2D eigenvalue weighted by Crippen LogP contribution is -2.21. The van der Waals surface area contributed by atoms with Crippen LogP contribution in [0.4, 0.5) is 14.6 Å². The van der Waals surface area contributed by atoms with E-state index in [9.17, 15) is 13.9 Å². The highest BCUT2D eigenvalue weighted by molar-refractivity contribution is 5.76. The molecule has 168 valence electrons. The number of pyridine rings is 1. The summed E-state index contributed by atoms with van der Waals surface area (Å²) in [5.74, 6) is -1.75. The maximum Gasteiger partial charge on any atom is 0.190 e. The van der Waals surface area contributed by atoms with Crippen molar-refractivity contribution in [2.45, 2.75) is 19.1 Å². The second-order valence-corrected chi connectivity index (χ2v) is 8.02. The summed E-state index contributed by atoms with van der Waals surface area (Å²) in [7, 11) is 0. The van der Waals surface area contributed by atoms with Crippen molar-refractivity contribution in [3.05, 3.63) is 71.9 Å². The molecule has 0 amide bonds. The first-order chi connectivity index (χ1) is 16.0. The minimum absolute atomic E-state index is 0.129. The van der Waals surface area contributed by atoms with Gasteiger partial charge in [-0.3, -0.25) is 4.90 Å². The molecule has 0 spiro atoms. The van der Waals surface area contributed by atoms with E-state index >= 15 is 0 Å². The number of hydrogen-bond acceptors (Lipinski definition) is 7. The molecule has 5 rings (SSSR count). The van der Waals surface area contributed by atoms with E-state index in [1.807, 2.05) is 24.3 Å². The van der Waals surface area contributed by atoms with Crippen LogP contribution >= 0.6 is 0 Å². The number of aromatic nitrogens is 5. The third-order valence-electron chi connectivity index (χ3n) is 5.73. The molecule has 4 aromatic rings. The van der Waals surface area contributed by atoms with Crippen LogP contribution in [0, 0.1) is 11.6 Å². The van der Waals surface area contributed by atoms with Crippen LogP contribution < -0.4 is 5.73 Å². The van der Waals surface area contributed by atoms with Gasteiger partial charge in [0.1, 0.15) is 11.5 Å². The van der Waals surface area contributed by atoms with E-state index in [0.717, 1.165) is 46.9 Å². The van der Waals surface area contributed by atoms with Crippen LogP contribution in [0.15, 0.2) is 54.7 Å². The highest BCUT2D eigenvalue weighted by Crippen LogP contribution is 2.30. The standard InChI is InChI=1S/C23H21F2N7O/c24-19-2-1-3-20(21(19)25)32-23(28-29-30-32)18-10-16(11-27-22(18)26)15-6-4-14(5-7-15)12-31-9-8-17(33)13-31/h1-7,10-11,17,33H,8-9,12-13H2,(H2,26,27). The highest BCUT2D eigenvalue weighted by Gasteiger charge is 2.21. The number of tetrazole rings is 1. The second kappa shape index (κ2) is 8.64. The number of nitrogen functional groups attached to an aromatic ring is 1. The zero-order chi connectivity index (χ0) is 22.9. The Kier molecular flexibility index (Phi) is 5.53. The predicted octanol–water partition coefficient (Wildman–Crippen LogP) is 2.82. The van der Waals surface area contributed by atoms with E-state index in [0.29, 0.717) is 12.1 Å². The van der Waals surface area contributed by atoms with Crippen LogP contribution in [0.1, 0.15) is 12.0 Å². The molecular formula is C23H21F2N7O. The van der Waals surface area contributed by atoms with Gasteiger partial charge in [-0.05, 0) is 46.2 Å². The molecule has 3 heterocycles. The van der Waals surface area contributed by atoms with Gasteiger partial charge in [0.05, 0.1) is 11.7 Å². The lowest BCUT2D eigenvalue weighted by molar-refractivity contribution is 0.175. The topological polar surface area (TPSA) is 106 Å². The number of nitrogens with zero attached hydrogens (tertiary/aromatic N) is 6. The first-order valence-electron chi connectivity index (χ1n) is 10.5. The van der Waals surface area contributed by atoms with Crippen LogP contribution in [0.25, 0.3) is 28.2 Å². The minimum Gasteiger partial charge on any atom is -0.392 e. The normalized spacial score (nSPS) is 16.4. The lowest BCUT2D eigenvalue weighted by Gasteiger charge is -2.15. The summed E-state index contributed by atoms with van der Waals surface area (Å²) in [6.07, 6.45) is 2.19. The molecule has 10 heteroatoms. The van der Waals surface area contributed by atoms with Crippen molar-refractivity contribution in [1.82, 2.24) is 30.1 Å². The molecule has 0 aliphatic carbocycles. The predicted molar refractivity (Wildman–Crippen MR) is 118 cm³/mol. The van der Waals surface area contributed by atoms with E-state index in [2.05, 4.69) is 25.4 Å². The quantitative estimate of drug-likeness (QED) is 0.483. The summed E-state index contributed by atoms with van der Waals surface area (Å²) in [6.45, 7) is 2.35. The first kappa shape index (κ1) is 21.1. The van der Waals surface area contributed by atoms with E-state index in [1.165, 1.54) is 12.1 Å². The Bertz CT molecular complexity index is 1290. The van der Waals surface area contributed by atoms with Crippen molar-refractivity contribution in [2.75, 3.05) is 18.8 Å². The zero-order valence-electron chi connectivity index (χ0n) is 17.6. The molecule has 1 aliphatic rings. The molecule has 2 aromatic carbocycles. The van der Waals surface area contributed by atoms with Gasteiger partial charge in [0.15, 0.2) is 17.5 Å². The largest absolute Gasteiger partial charge is 0.392 e. The number of nitrogens with two attached hydrogens (primary N) is 1. The summed E-state index contributed by atoms with van der Waals surface area (Å²) in [4.78, 5) is 6.48. The summed E-state index contributed by atoms with van der Waals surface area (Å²) in [6, 6.07) is 13.6. The molecule has 1 fully saturated rings. The van der Waals surface area contributed by atoms with E-state index in [1.54, 1.807) is 12.3 Å². The van der Waals surface area contributed by atoms with Crippen molar-refractivity contribution >= 4 is 5.82 Å². The Labute approximate surface area is 188 Å². The molecule has 3 N–H and O–H groups in total. The smallest absolute Gasteiger partial charge is 0.190 e. The fourth-order valence-electron chi connectivity index (χ4n) is 4.00. The number of hydrogen-bond donors (Lipinski definition) is 2. The Balaban J connectivity index is 1.45. The Hall–Kier alpha value is -3.76. The molecular weight excluding hydrogens is 428 g/mol. The van der Waals surface area contributed by atoms with Gasteiger partial charge in [0.25, 0.3) is 0 Å². The number of benzene rings is 2. The molecule has 0 saturated carbocycles. The van der Waals surface area contributed by atoms with Crippen LogP contribution in [0.5, 0.6) is 0 Å². The third kappa shape index (κ3) is 4.18. The monoisotopic (exact) mass is 449 g/mol. The average Bonchev–Trinajstić information content (AvgIpc) is 3.46. The van der Waals surface area contributed by atoms with Crippen molar-refractivity contribution in [1.29, 1.82) is 0 Å². The van der Waals surface area contributed by atoms with Gasteiger partial charge in [0, 0.05) is 31.4 Å². The van der Waals surface area contributed by atoms with Gasteiger partial charge in [-0.15, -0.1) is 5.10 Å². The van der Waals surface area contributed by atoms with Crippen LogP contribution in [0.3, 0.4) is 0 Å². The van der Waals surface area contributed by atoms with Crippen molar-refractivity contribution in [3.63, 3.8) is 0 Å². The third-order valence-corrected chi connectivity index (χ3v) is 5.73. The van der Waals surface area contributed by atoms with Crippen molar-refractivity contribution in [2.24, 2.45) is 0 Å². The summed E-state index contributed by atoms with van der Waals surface area (Å²) in [5, 5.41) is 21.1.